The summed E-state index contributed by atoms with van der Waals surface area (Å²) >= 11 is -0.556. The molecule has 0 unspecified atom stereocenters. The van der Waals surface area contributed by atoms with Gasteiger partial charge in [0.2, 0.25) is 0 Å². The monoisotopic (exact) mass is 453 g/mol. The van der Waals surface area contributed by atoms with Crippen molar-refractivity contribution in [2.24, 2.45) is 0 Å². The summed E-state index contributed by atoms with van der Waals surface area (Å²) in [6, 6.07) is 27.4. The number of nitrogens with zero attached hydrogens (tertiary/aromatic N) is 1. The molecule has 29 heavy (non-hydrogen) atoms. The number of hydrogen-bond donors (Lipinski definition) is 0. The minimum absolute atomic E-state index is 0.556. The maximum absolute atomic E-state index is 4.89. The third-order valence-corrected chi connectivity index (χ3v) is 4.51. The number of benzene rings is 2. The molecular formula is C25H21Cl2NTi-2. The zero-order valence-corrected chi connectivity index (χ0v) is 19.0. The van der Waals surface area contributed by atoms with E-state index in [0.29, 0.717) is 0 Å². The fourth-order valence-corrected chi connectivity index (χ4v) is 3.18. The van der Waals surface area contributed by atoms with Crippen LogP contribution in [0.2, 0.25) is 0 Å². The first-order valence-corrected chi connectivity index (χ1v) is 13.6. The molecule has 0 amide bonds. The second-order valence-electron chi connectivity index (χ2n) is 6.48. The number of allylic oxidation sites excluding steroid dienone is 4. The molecule has 5 rings (SSSR count). The standard InChI is InChI=1S/C13H10N.C12H11.2ClH.Ti/c1-2-6-12-10-13(9-11(12)5-1)14-7-3-4-8-14;1-2-6-11(7-3-1)10-12-8-4-5-9-12;;;/h1-10H;1-4,6-8H,5,10H2;2*1H;/q2*-1;;;+2/p-2. The van der Waals surface area contributed by atoms with E-state index in [4.69, 9.17) is 18.6 Å². The second kappa shape index (κ2) is 11.9. The molecule has 4 heteroatoms. The van der Waals surface area contributed by atoms with Crippen LogP contribution >= 0.6 is 18.6 Å². The fourth-order valence-electron chi connectivity index (χ4n) is 3.18. The van der Waals surface area contributed by atoms with E-state index in [2.05, 4.69) is 95.9 Å². The first-order valence-electron chi connectivity index (χ1n) is 9.35. The SMILES string of the molecule is [C-]1=C(Cc2ccccc2)C=CC1.[Cl][Ti][Cl].c1ccc2[cH-]c(-n3cccc3)cc2c1. The van der Waals surface area contributed by atoms with E-state index in [1.54, 1.807) is 0 Å². The molecular weight excluding hydrogens is 433 g/mol. The predicted octanol–water partition coefficient (Wildman–Crippen LogP) is 7.64. The Morgan fingerprint density at radius 2 is 1.62 bits per heavy atom. The topological polar surface area (TPSA) is 4.93 Å². The van der Waals surface area contributed by atoms with E-state index in [9.17, 15) is 0 Å². The van der Waals surface area contributed by atoms with Crippen molar-refractivity contribution in [3.63, 3.8) is 0 Å². The van der Waals surface area contributed by atoms with E-state index in [1.165, 1.54) is 27.6 Å². The molecule has 1 aliphatic carbocycles. The molecule has 1 nitrogen and oxygen atoms in total. The molecule has 0 fully saturated rings. The van der Waals surface area contributed by atoms with Crippen molar-refractivity contribution in [1.82, 2.24) is 4.57 Å². The van der Waals surface area contributed by atoms with Crippen molar-refractivity contribution in [1.29, 1.82) is 0 Å². The molecule has 0 atom stereocenters. The van der Waals surface area contributed by atoms with Crippen LogP contribution in [0.3, 0.4) is 0 Å². The van der Waals surface area contributed by atoms with Gasteiger partial charge in [0.25, 0.3) is 0 Å². The average Bonchev–Trinajstić information content (AvgIpc) is 3.51. The molecule has 0 saturated heterocycles. The third kappa shape index (κ3) is 6.84. The predicted molar refractivity (Wildman–Crippen MR) is 121 cm³/mol. The van der Waals surface area contributed by atoms with Crippen LogP contribution in [-0.4, -0.2) is 4.57 Å². The van der Waals surface area contributed by atoms with Crippen LogP contribution in [-0.2, 0) is 23.5 Å². The van der Waals surface area contributed by atoms with Gasteiger partial charge in [0.15, 0.2) is 0 Å². The number of fused-ring (bicyclic) bond motifs is 1. The van der Waals surface area contributed by atoms with Crippen molar-refractivity contribution in [2.75, 3.05) is 0 Å². The Hall–Kier alpha value is -1.90. The van der Waals surface area contributed by atoms with E-state index in [0.717, 1.165) is 12.8 Å². The maximum atomic E-state index is 4.89. The molecule has 1 aliphatic rings. The fraction of sp³-hybridized carbons (Fsp3) is 0.0800. The molecule has 4 aromatic rings. The van der Waals surface area contributed by atoms with Crippen molar-refractivity contribution in [3.8, 4) is 5.69 Å². The van der Waals surface area contributed by atoms with Crippen LogP contribution in [0.4, 0.5) is 0 Å². The minimum atomic E-state index is -0.556. The van der Waals surface area contributed by atoms with E-state index < -0.39 is 17.0 Å². The Morgan fingerprint density at radius 1 is 0.931 bits per heavy atom. The van der Waals surface area contributed by atoms with Gasteiger partial charge in [-0.2, -0.15) is 6.08 Å². The van der Waals surface area contributed by atoms with Gasteiger partial charge in [-0.05, 0) is 29.8 Å². The number of aromatic nitrogens is 1. The summed E-state index contributed by atoms with van der Waals surface area (Å²) in [5.41, 5.74) is 3.92. The number of hydrogen-bond acceptors (Lipinski definition) is 0. The number of halogens is 2. The quantitative estimate of drug-likeness (QED) is 0.222. The minimum Gasteiger partial charge on any atom is -0.342 e. The molecule has 146 valence electrons. The van der Waals surface area contributed by atoms with E-state index in [-0.39, 0.29) is 0 Å². The molecule has 0 aliphatic heterocycles. The van der Waals surface area contributed by atoms with Gasteiger partial charge in [-0.25, -0.2) is 11.6 Å². The molecule has 0 spiro atoms. The van der Waals surface area contributed by atoms with Crippen LogP contribution in [0.1, 0.15) is 12.0 Å². The average molecular weight is 454 g/mol. The molecule has 1 heterocycles. The normalized spacial score (nSPS) is 11.9. The summed E-state index contributed by atoms with van der Waals surface area (Å²) in [5.74, 6) is 0. The molecule has 1 aromatic heterocycles. The van der Waals surface area contributed by atoms with Crippen molar-refractivity contribution >= 4 is 29.4 Å². The van der Waals surface area contributed by atoms with Crippen molar-refractivity contribution in [3.05, 3.63) is 121 Å². The number of rotatable bonds is 3. The zero-order valence-electron chi connectivity index (χ0n) is 15.9. The van der Waals surface area contributed by atoms with Gasteiger partial charge >= 0.3 is 35.6 Å². The van der Waals surface area contributed by atoms with Crippen molar-refractivity contribution < 1.29 is 17.0 Å². The van der Waals surface area contributed by atoms with E-state index in [1.807, 2.05) is 18.2 Å². The Balaban J connectivity index is 0.000000148. The summed E-state index contributed by atoms with van der Waals surface area (Å²) in [7, 11) is 9.78. The summed E-state index contributed by atoms with van der Waals surface area (Å²) < 4.78 is 2.12. The van der Waals surface area contributed by atoms with Crippen LogP contribution in [0, 0.1) is 6.08 Å². The molecule has 0 N–H and O–H groups in total. The Bertz CT molecular complexity index is 1010. The smallest absolute Gasteiger partial charge is 0.00705 e. The van der Waals surface area contributed by atoms with E-state index >= 15 is 0 Å². The second-order valence-corrected chi connectivity index (χ2v) is 9.05. The summed E-state index contributed by atoms with van der Waals surface area (Å²) in [4.78, 5) is 0. The Morgan fingerprint density at radius 3 is 2.28 bits per heavy atom. The van der Waals surface area contributed by atoms with Crippen LogP contribution in [0.25, 0.3) is 16.5 Å². The van der Waals surface area contributed by atoms with Gasteiger partial charge in [-0.1, -0.05) is 36.4 Å². The first kappa shape index (κ1) is 21.8. The van der Waals surface area contributed by atoms with Crippen LogP contribution < -0.4 is 0 Å². The molecule has 0 saturated carbocycles. The zero-order chi connectivity index (χ0) is 20.3. The first-order chi connectivity index (χ1) is 14.3. The Kier molecular flexibility index (Phi) is 8.98. The summed E-state index contributed by atoms with van der Waals surface area (Å²) in [6.07, 6.45) is 13.8. The largest absolute Gasteiger partial charge is 0.342 e. The van der Waals surface area contributed by atoms with Crippen LogP contribution in [0.5, 0.6) is 0 Å². The van der Waals surface area contributed by atoms with Gasteiger partial charge in [0, 0.05) is 12.4 Å². The molecule has 0 bridgehead atoms. The van der Waals surface area contributed by atoms with Gasteiger partial charge < -0.3 is 4.57 Å². The van der Waals surface area contributed by atoms with Gasteiger partial charge in [0.1, 0.15) is 0 Å². The van der Waals surface area contributed by atoms with Gasteiger partial charge in [-0.3, -0.25) is 6.08 Å². The Labute approximate surface area is 189 Å². The molecule has 0 radical (unpaired) electrons. The molecule has 3 aromatic carbocycles. The van der Waals surface area contributed by atoms with Crippen molar-refractivity contribution in [2.45, 2.75) is 12.8 Å². The third-order valence-electron chi connectivity index (χ3n) is 4.51. The van der Waals surface area contributed by atoms with Crippen LogP contribution in [0.15, 0.2) is 109 Å². The van der Waals surface area contributed by atoms with Gasteiger partial charge in [0.05, 0.1) is 0 Å². The summed E-state index contributed by atoms with van der Waals surface area (Å²) in [6.45, 7) is 0. The summed E-state index contributed by atoms with van der Waals surface area (Å²) in [5, 5.41) is 2.60. The maximum Gasteiger partial charge on any atom is 0.00705 e. The van der Waals surface area contributed by atoms with Gasteiger partial charge in [-0.15, -0.1) is 47.5 Å².